The second kappa shape index (κ2) is 9.16. The average molecular weight is 424 g/mol. The Morgan fingerprint density at radius 1 is 1.14 bits per heavy atom. The van der Waals surface area contributed by atoms with Gasteiger partial charge in [0.05, 0.1) is 38.7 Å². The summed E-state index contributed by atoms with van der Waals surface area (Å²) in [6.45, 7) is 0. The van der Waals surface area contributed by atoms with Crippen molar-refractivity contribution in [3.8, 4) is 11.8 Å². The minimum Gasteiger partial charge on any atom is -0.481 e. The summed E-state index contributed by atoms with van der Waals surface area (Å²) in [5.74, 6) is 3.78. The van der Waals surface area contributed by atoms with Crippen molar-refractivity contribution >= 4 is 27.9 Å². The Kier molecular flexibility index (Phi) is 6.90. The highest BCUT2D eigenvalue weighted by atomic mass is 32.2. The fourth-order valence-electron chi connectivity index (χ4n) is 2.17. The predicted octanol–water partition coefficient (Wildman–Crippen LogP) is -0.0677. The molecule has 0 atom stereocenters. The lowest BCUT2D eigenvalue weighted by Gasteiger charge is -2.18. The molecule has 1 aromatic heterocycles. The second-order valence-electron chi connectivity index (χ2n) is 5.42. The Morgan fingerprint density at radius 3 is 2.28 bits per heavy atom. The Labute approximate surface area is 167 Å². The first-order valence-electron chi connectivity index (χ1n) is 7.97. The Morgan fingerprint density at radius 2 is 1.72 bits per heavy atom. The Bertz CT molecular complexity index is 1000. The summed E-state index contributed by atoms with van der Waals surface area (Å²) >= 11 is 0. The number of nitrogens with zero attached hydrogens (tertiary/aromatic N) is 4. The second-order valence-corrected chi connectivity index (χ2v) is 7.27. The van der Waals surface area contributed by atoms with Crippen LogP contribution in [-0.2, 0) is 20.5 Å². The lowest BCUT2D eigenvalue weighted by Crippen LogP contribution is -2.47. The molecule has 0 saturated heterocycles. The molecule has 0 amide bonds. The van der Waals surface area contributed by atoms with Crippen LogP contribution in [0.4, 0.5) is 5.95 Å². The van der Waals surface area contributed by atoms with E-state index in [9.17, 15) is 13.2 Å². The van der Waals surface area contributed by atoms with E-state index in [1.165, 1.54) is 39.5 Å². The van der Waals surface area contributed by atoms with Crippen molar-refractivity contribution in [3.05, 3.63) is 41.5 Å². The van der Waals surface area contributed by atoms with Crippen LogP contribution in [0.3, 0.4) is 0 Å². The van der Waals surface area contributed by atoms with E-state index in [1.54, 1.807) is 12.1 Å². The summed E-state index contributed by atoms with van der Waals surface area (Å²) in [5, 5.41) is 0. The van der Waals surface area contributed by atoms with E-state index in [-0.39, 0.29) is 33.2 Å². The van der Waals surface area contributed by atoms with Gasteiger partial charge in [0.25, 0.3) is 16.0 Å². The maximum absolute atomic E-state index is 12.6. The summed E-state index contributed by atoms with van der Waals surface area (Å²) in [7, 11) is -0.264. The number of methoxy groups -OCH3 is 3. The van der Waals surface area contributed by atoms with Gasteiger partial charge in [-0.3, -0.25) is 0 Å². The molecule has 156 valence electrons. The topological polar surface area (TPSA) is 172 Å². The summed E-state index contributed by atoms with van der Waals surface area (Å²) < 4.78 is 40.2. The lowest BCUT2D eigenvalue weighted by molar-refractivity contribution is 0.0600. The maximum Gasteiger partial charge on any atom is 0.338 e. The molecule has 0 spiro atoms. The number of sulfonamides is 1. The van der Waals surface area contributed by atoms with Crippen LogP contribution < -0.4 is 21.1 Å². The molecule has 0 unspecified atom stereocenters. The SMILES string of the molecule is COC(=O)c1ccccc1CS(=O)(=O)N(N)C(N)=Nc1nc(OC)cc(OC)n1. The molecule has 4 N–H and O–H groups in total. The number of carbonyl (C=O) groups is 1. The highest BCUT2D eigenvalue weighted by Gasteiger charge is 2.25. The van der Waals surface area contributed by atoms with Crippen molar-refractivity contribution in [2.75, 3.05) is 21.3 Å². The smallest absolute Gasteiger partial charge is 0.338 e. The van der Waals surface area contributed by atoms with Crippen molar-refractivity contribution in [3.63, 3.8) is 0 Å². The van der Waals surface area contributed by atoms with Gasteiger partial charge in [0, 0.05) is 0 Å². The van der Waals surface area contributed by atoms with Gasteiger partial charge in [-0.15, -0.1) is 0 Å². The van der Waals surface area contributed by atoms with Crippen molar-refractivity contribution < 1.29 is 27.4 Å². The minimum atomic E-state index is -4.20. The normalized spacial score (nSPS) is 11.7. The number of rotatable bonds is 7. The molecule has 2 rings (SSSR count). The molecule has 1 aromatic carbocycles. The van der Waals surface area contributed by atoms with Crippen molar-refractivity contribution in [1.82, 2.24) is 14.4 Å². The molecule has 1 heterocycles. The molecule has 13 heteroatoms. The Hall–Kier alpha value is -3.45. The van der Waals surface area contributed by atoms with Gasteiger partial charge in [0.15, 0.2) is 0 Å². The number of esters is 1. The standard InChI is InChI=1S/C16H20N6O6S/c1-26-12-8-13(27-2)20-16(19-12)21-15(17)22(18)29(24,25)9-10-6-4-5-7-11(10)14(23)28-3/h4-8H,9,18H2,1-3H3,(H2,17,19,20,21). The van der Waals surface area contributed by atoms with Gasteiger partial charge < -0.3 is 19.9 Å². The van der Waals surface area contributed by atoms with Crippen LogP contribution in [0.25, 0.3) is 0 Å². The number of hydrazine groups is 1. The number of hydrogen-bond acceptors (Lipinski definition) is 10. The number of ether oxygens (including phenoxy) is 3. The molecule has 0 aliphatic heterocycles. The molecule has 2 aromatic rings. The van der Waals surface area contributed by atoms with Gasteiger partial charge in [-0.05, 0) is 11.6 Å². The third-order valence-corrected chi connectivity index (χ3v) is 5.05. The summed E-state index contributed by atoms with van der Waals surface area (Å²) in [4.78, 5) is 23.5. The van der Waals surface area contributed by atoms with E-state index in [4.69, 9.17) is 21.1 Å². The first-order chi connectivity index (χ1) is 13.7. The number of hydrogen-bond donors (Lipinski definition) is 2. The first-order valence-corrected chi connectivity index (χ1v) is 9.58. The van der Waals surface area contributed by atoms with Crippen LogP contribution in [-0.4, -0.2) is 56.1 Å². The van der Waals surface area contributed by atoms with Crippen LogP contribution in [0.1, 0.15) is 15.9 Å². The van der Waals surface area contributed by atoms with E-state index in [2.05, 4.69) is 19.7 Å². The summed E-state index contributed by atoms with van der Waals surface area (Å²) in [6, 6.07) is 7.44. The number of benzene rings is 1. The quantitative estimate of drug-likeness (QED) is 0.201. The number of nitrogens with two attached hydrogens (primary N) is 2. The monoisotopic (exact) mass is 424 g/mol. The third kappa shape index (κ3) is 5.30. The predicted molar refractivity (Wildman–Crippen MR) is 103 cm³/mol. The van der Waals surface area contributed by atoms with Gasteiger partial charge in [-0.1, -0.05) is 18.2 Å². The first kappa shape index (κ1) is 21.8. The van der Waals surface area contributed by atoms with Crippen molar-refractivity contribution in [2.45, 2.75) is 5.75 Å². The molecule has 0 aliphatic rings. The zero-order valence-electron chi connectivity index (χ0n) is 15.9. The molecule has 0 radical (unpaired) electrons. The Balaban J connectivity index is 2.32. The van der Waals surface area contributed by atoms with Crippen LogP contribution in [0.2, 0.25) is 0 Å². The molecular weight excluding hydrogens is 404 g/mol. The molecule has 0 fully saturated rings. The van der Waals surface area contributed by atoms with Crippen molar-refractivity contribution in [1.29, 1.82) is 0 Å². The van der Waals surface area contributed by atoms with Crippen LogP contribution >= 0.6 is 0 Å². The fourth-order valence-corrected chi connectivity index (χ4v) is 3.28. The van der Waals surface area contributed by atoms with Gasteiger partial charge in [0.1, 0.15) is 0 Å². The van der Waals surface area contributed by atoms with E-state index in [0.717, 1.165) is 0 Å². The minimum absolute atomic E-state index is 0.0864. The molecule has 29 heavy (non-hydrogen) atoms. The van der Waals surface area contributed by atoms with Crippen molar-refractivity contribution in [2.24, 2.45) is 16.6 Å². The lowest BCUT2D eigenvalue weighted by atomic mass is 10.1. The largest absolute Gasteiger partial charge is 0.481 e. The van der Waals surface area contributed by atoms with Gasteiger partial charge in [-0.2, -0.15) is 19.4 Å². The summed E-state index contributed by atoms with van der Waals surface area (Å²) in [6.07, 6.45) is 0. The van der Waals surface area contributed by atoms with E-state index in [0.29, 0.717) is 0 Å². The van der Waals surface area contributed by atoms with E-state index < -0.39 is 27.7 Å². The number of carbonyl (C=O) groups excluding carboxylic acids is 1. The van der Waals surface area contributed by atoms with Gasteiger partial charge in [0.2, 0.25) is 17.7 Å². The van der Waals surface area contributed by atoms with E-state index >= 15 is 0 Å². The van der Waals surface area contributed by atoms with Crippen LogP contribution in [0, 0.1) is 0 Å². The molecule has 12 nitrogen and oxygen atoms in total. The number of aromatic nitrogens is 2. The molecular formula is C16H20N6O6S. The van der Waals surface area contributed by atoms with Gasteiger partial charge >= 0.3 is 5.97 Å². The van der Waals surface area contributed by atoms with Crippen LogP contribution in [0.5, 0.6) is 11.8 Å². The highest BCUT2D eigenvalue weighted by molar-refractivity contribution is 7.88. The number of aliphatic imine (C=N–C) groups is 1. The molecule has 0 bridgehead atoms. The molecule has 0 aliphatic carbocycles. The van der Waals surface area contributed by atoms with E-state index in [1.807, 2.05) is 0 Å². The zero-order valence-corrected chi connectivity index (χ0v) is 16.7. The maximum atomic E-state index is 12.6. The summed E-state index contributed by atoms with van der Waals surface area (Å²) in [5.41, 5.74) is 5.98. The third-order valence-electron chi connectivity index (χ3n) is 3.59. The fraction of sp³-hybridized carbons (Fsp3) is 0.250. The van der Waals surface area contributed by atoms with Gasteiger partial charge in [-0.25, -0.2) is 19.1 Å². The molecule has 0 saturated carbocycles. The average Bonchev–Trinajstić information content (AvgIpc) is 2.72. The van der Waals surface area contributed by atoms with Crippen LogP contribution in [0.15, 0.2) is 35.3 Å². The zero-order chi connectivity index (χ0) is 21.6. The number of guanidine groups is 1. The highest BCUT2D eigenvalue weighted by Crippen LogP contribution is 2.20.